The molecule has 1 atom stereocenters. The SMILES string of the molecule is CNC(=O)c1cccc(S(=O)(=O)N2CCCCN3CCCCC3CCc3cccc(c3)OCC2)c1. The van der Waals surface area contributed by atoms with Crippen LogP contribution in [0.15, 0.2) is 53.4 Å². The van der Waals surface area contributed by atoms with Crippen molar-refractivity contribution in [2.24, 2.45) is 0 Å². The zero-order chi connectivity index (χ0) is 24.7. The maximum Gasteiger partial charge on any atom is 0.251 e. The van der Waals surface area contributed by atoms with Crippen LogP contribution in [-0.2, 0) is 16.4 Å². The normalized spacial score (nSPS) is 21.1. The Kier molecular flexibility index (Phi) is 8.81. The quantitative estimate of drug-likeness (QED) is 0.697. The minimum Gasteiger partial charge on any atom is -0.492 e. The molecule has 4 rings (SSSR count). The zero-order valence-electron chi connectivity index (χ0n) is 20.6. The average Bonchev–Trinajstić information content (AvgIpc) is 2.89. The van der Waals surface area contributed by atoms with Gasteiger partial charge in [-0.1, -0.05) is 24.6 Å². The van der Waals surface area contributed by atoms with E-state index in [2.05, 4.69) is 22.3 Å². The molecular weight excluding hydrogens is 462 g/mol. The molecule has 7 nitrogen and oxygen atoms in total. The number of rotatable bonds is 3. The number of carbonyl (C=O) groups is 1. The second kappa shape index (κ2) is 12.0. The van der Waals surface area contributed by atoms with Crippen LogP contribution >= 0.6 is 0 Å². The Labute approximate surface area is 209 Å². The molecule has 0 aliphatic carbocycles. The number of fused-ring (bicyclic) bond motifs is 3. The number of amides is 1. The average molecular weight is 500 g/mol. The summed E-state index contributed by atoms with van der Waals surface area (Å²) in [7, 11) is -2.24. The van der Waals surface area contributed by atoms with Crippen molar-refractivity contribution < 1.29 is 17.9 Å². The third-order valence-electron chi connectivity index (χ3n) is 7.09. The van der Waals surface area contributed by atoms with Crippen molar-refractivity contribution in [1.82, 2.24) is 14.5 Å². The van der Waals surface area contributed by atoms with Crippen LogP contribution in [0.5, 0.6) is 5.75 Å². The van der Waals surface area contributed by atoms with E-state index < -0.39 is 10.0 Å². The molecule has 1 amide bonds. The summed E-state index contributed by atoms with van der Waals surface area (Å²) in [6.45, 7) is 3.08. The number of piperidine rings is 1. The van der Waals surface area contributed by atoms with Gasteiger partial charge in [0, 0.05) is 31.7 Å². The van der Waals surface area contributed by atoms with Crippen LogP contribution in [-0.4, -0.2) is 69.4 Å². The molecule has 2 aliphatic heterocycles. The monoisotopic (exact) mass is 499 g/mol. The van der Waals surface area contributed by atoms with Gasteiger partial charge in [-0.3, -0.25) is 4.79 Å². The van der Waals surface area contributed by atoms with E-state index in [-0.39, 0.29) is 24.0 Å². The van der Waals surface area contributed by atoms with E-state index in [0.29, 0.717) is 18.2 Å². The molecule has 8 heteroatoms. The third kappa shape index (κ3) is 6.63. The molecule has 0 radical (unpaired) electrons. The number of nitrogens with zero attached hydrogens (tertiary/aromatic N) is 2. The predicted octanol–water partition coefficient (Wildman–Crippen LogP) is 3.70. The van der Waals surface area contributed by atoms with Gasteiger partial charge in [-0.15, -0.1) is 0 Å². The molecule has 1 saturated heterocycles. The lowest BCUT2D eigenvalue weighted by Gasteiger charge is -2.36. The molecular formula is C27H37N3O4S. The molecule has 1 N–H and O–H groups in total. The Hall–Kier alpha value is -2.42. The van der Waals surface area contributed by atoms with Gasteiger partial charge in [0.15, 0.2) is 0 Å². The fourth-order valence-corrected chi connectivity index (χ4v) is 6.63. The third-order valence-corrected chi connectivity index (χ3v) is 8.98. The van der Waals surface area contributed by atoms with Gasteiger partial charge in [-0.2, -0.15) is 4.31 Å². The van der Waals surface area contributed by atoms with Crippen LogP contribution < -0.4 is 10.1 Å². The summed E-state index contributed by atoms with van der Waals surface area (Å²) in [5, 5.41) is 2.56. The fraction of sp³-hybridized carbons (Fsp3) is 0.519. The molecule has 2 bridgehead atoms. The van der Waals surface area contributed by atoms with Crippen molar-refractivity contribution in [1.29, 1.82) is 0 Å². The van der Waals surface area contributed by atoms with E-state index in [1.165, 1.54) is 42.2 Å². The number of hydrogen-bond acceptors (Lipinski definition) is 5. The van der Waals surface area contributed by atoms with E-state index in [9.17, 15) is 13.2 Å². The Morgan fingerprint density at radius 3 is 2.54 bits per heavy atom. The molecule has 2 aromatic carbocycles. The number of sulfonamides is 1. The Bertz CT molecular complexity index is 1110. The first-order valence-corrected chi connectivity index (χ1v) is 14.2. The van der Waals surface area contributed by atoms with Gasteiger partial charge in [0.05, 0.1) is 4.90 Å². The molecule has 2 heterocycles. The highest BCUT2D eigenvalue weighted by atomic mass is 32.2. The van der Waals surface area contributed by atoms with Crippen LogP contribution in [0.2, 0.25) is 0 Å². The first-order valence-electron chi connectivity index (χ1n) is 12.8. The second-order valence-corrected chi connectivity index (χ2v) is 11.4. The summed E-state index contributed by atoms with van der Waals surface area (Å²) in [5.41, 5.74) is 1.59. The Balaban J connectivity index is 1.55. The van der Waals surface area contributed by atoms with E-state index in [1.54, 1.807) is 18.2 Å². The Morgan fingerprint density at radius 1 is 0.943 bits per heavy atom. The van der Waals surface area contributed by atoms with Crippen molar-refractivity contribution in [2.75, 3.05) is 39.8 Å². The number of carbonyl (C=O) groups excluding carboxylic acids is 1. The van der Waals surface area contributed by atoms with Crippen LogP contribution in [0.3, 0.4) is 0 Å². The van der Waals surface area contributed by atoms with Crippen molar-refractivity contribution in [3.63, 3.8) is 0 Å². The molecule has 190 valence electrons. The maximum absolute atomic E-state index is 13.6. The molecule has 1 unspecified atom stereocenters. The van der Waals surface area contributed by atoms with Gasteiger partial charge in [-0.05, 0) is 87.5 Å². The molecule has 2 aromatic rings. The minimum atomic E-state index is -3.77. The number of hydrogen-bond donors (Lipinski definition) is 1. The van der Waals surface area contributed by atoms with Gasteiger partial charge < -0.3 is 15.0 Å². The number of aryl methyl sites for hydroxylation is 1. The molecule has 1 fully saturated rings. The van der Waals surface area contributed by atoms with Crippen LogP contribution in [0.25, 0.3) is 0 Å². The van der Waals surface area contributed by atoms with Gasteiger partial charge in [0.1, 0.15) is 12.4 Å². The zero-order valence-corrected chi connectivity index (χ0v) is 21.4. The maximum atomic E-state index is 13.6. The first-order chi connectivity index (χ1) is 17.0. The van der Waals surface area contributed by atoms with Crippen LogP contribution in [0.1, 0.15) is 54.4 Å². The minimum absolute atomic E-state index is 0.134. The summed E-state index contributed by atoms with van der Waals surface area (Å²) in [4.78, 5) is 14.8. The van der Waals surface area contributed by atoms with Crippen molar-refractivity contribution >= 4 is 15.9 Å². The lowest BCUT2D eigenvalue weighted by molar-refractivity contribution is 0.0963. The summed E-state index contributed by atoms with van der Waals surface area (Å²) in [5.74, 6) is 0.468. The highest BCUT2D eigenvalue weighted by molar-refractivity contribution is 7.89. The molecule has 0 spiro atoms. The summed E-state index contributed by atoms with van der Waals surface area (Å²) in [6, 6.07) is 15.0. The molecule has 35 heavy (non-hydrogen) atoms. The topological polar surface area (TPSA) is 79.0 Å². The highest BCUT2D eigenvalue weighted by Crippen LogP contribution is 2.24. The number of benzene rings is 2. The number of nitrogens with one attached hydrogen (secondary N) is 1. The molecule has 2 aliphatic rings. The summed E-state index contributed by atoms with van der Waals surface area (Å²) in [6.07, 6.45) is 7.67. The Morgan fingerprint density at radius 2 is 1.71 bits per heavy atom. The van der Waals surface area contributed by atoms with Crippen molar-refractivity contribution in [3.05, 3.63) is 59.7 Å². The van der Waals surface area contributed by atoms with Gasteiger partial charge in [-0.25, -0.2) is 8.42 Å². The molecule has 0 aromatic heterocycles. The summed E-state index contributed by atoms with van der Waals surface area (Å²) < 4.78 is 34.7. The highest BCUT2D eigenvalue weighted by Gasteiger charge is 2.26. The predicted molar refractivity (Wildman–Crippen MR) is 137 cm³/mol. The van der Waals surface area contributed by atoms with Crippen molar-refractivity contribution in [3.8, 4) is 5.75 Å². The smallest absolute Gasteiger partial charge is 0.251 e. The summed E-state index contributed by atoms with van der Waals surface area (Å²) >= 11 is 0. The van der Waals surface area contributed by atoms with E-state index >= 15 is 0 Å². The second-order valence-electron chi connectivity index (χ2n) is 9.44. The first kappa shape index (κ1) is 25.7. The van der Waals surface area contributed by atoms with Gasteiger partial charge in [0.25, 0.3) is 5.91 Å². The van der Waals surface area contributed by atoms with Crippen LogP contribution in [0.4, 0.5) is 0 Å². The van der Waals surface area contributed by atoms with Gasteiger partial charge in [0.2, 0.25) is 10.0 Å². The molecule has 0 saturated carbocycles. The van der Waals surface area contributed by atoms with E-state index in [4.69, 9.17) is 4.74 Å². The lowest BCUT2D eigenvalue weighted by Crippen LogP contribution is -2.40. The van der Waals surface area contributed by atoms with Crippen molar-refractivity contribution in [2.45, 2.75) is 55.9 Å². The standard InChI is InChI=1S/C27H37N3O4S/c1-28-27(31)23-9-7-12-26(21-23)35(32,33)30-17-5-4-16-29-15-3-2-10-24(29)14-13-22-8-6-11-25(20-22)34-19-18-30/h6-9,11-12,20-21,24H,2-5,10,13-19H2,1H3,(H,28,31). The van der Waals surface area contributed by atoms with E-state index in [0.717, 1.165) is 44.5 Å². The van der Waals surface area contributed by atoms with Gasteiger partial charge >= 0.3 is 0 Å². The number of ether oxygens (including phenoxy) is 1. The lowest BCUT2D eigenvalue weighted by atomic mass is 9.95. The van der Waals surface area contributed by atoms with Crippen LogP contribution in [0, 0.1) is 0 Å². The largest absolute Gasteiger partial charge is 0.492 e. The van der Waals surface area contributed by atoms with E-state index in [1.807, 2.05) is 12.1 Å². The fourth-order valence-electron chi connectivity index (χ4n) is 5.12.